The fourth-order valence-corrected chi connectivity index (χ4v) is 5.41. The van der Waals surface area contributed by atoms with E-state index in [9.17, 15) is 5.11 Å². The first kappa shape index (κ1) is 26.0. The molecule has 1 aliphatic rings. The molecule has 38 heavy (non-hydrogen) atoms. The lowest BCUT2D eigenvalue weighted by Crippen LogP contribution is -2.49. The van der Waals surface area contributed by atoms with E-state index in [4.69, 9.17) is 14.5 Å². The van der Waals surface area contributed by atoms with E-state index in [1.54, 1.807) is 14.2 Å². The van der Waals surface area contributed by atoms with Gasteiger partial charge in [-0.3, -0.25) is 9.80 Å². The molecule has 3 aromatic carbocycles. The van der Waals surface area contributed by atoms with Crippen LogP contribution in [-0.2, 0) is 0 Å². The molecule has 1 aromatic heterocycles. The first-order valence-electron chi connectivity index (χ1n) is 13.1. The van der Waals surface area contributed by atoms with Crippen LogP contribution in [0.2, 0.25) is 0 Å². The van der Waals surface area contributed by atoms with Crippen LogP contribution in [0.15, 0.2) is 78.9 Å². The van der Waals surface area contributed by atoms with Gasteiger partial charge in [0.1, 0.15) is 23.4 Å². The Morgan fingerprint density at radius 3 is 1.95 bits per heavy atom. The molecular weight excluding hydrogens is 476 g/mol. The van der Waals surface area contributed by atoms with Gasteiger partial charge in [0.2, 0.25) is 0 Å². The number of benzene rings is 3. The minimum absolute atomic E-state index is 0.00334. The summed E-state index contributed by atoms with van der Waals surface area (Å²) in [5.41, 5.74) is 4.87. The molecule has 1 unspecified atom stereocenters. The van der Waals surface area contributed by atoms with Crippen LogP contribution in [-0.4, -0.2) is 71.8 Å². The average molecular weight is 513 g/mol. The number of ether oxygens (including phenoxy) is 2. The number of H-pyrrole nitrogens is 1. The Morgan fingerprint density at radius 1 is 0.816 bits per heavy atom. The Labute approximate surface area is 224 Å². The highest BCUT2D eigenvalue weighted by Crippen LogP contribution is 2.39. The predicted molar refractivity (Wildman–Crippen MR) is 150 cm³/mol. The first-order chi connectivity index (χ1) is 18.6. The van der Waals surface area contributed by atoms with Crippen LogP contribution in [0.4, 0.5) is 0 Å². The fraction of sp³-hybridized carbons (Fsp3) is 0.323. The van der Waals surface area contributed by atoms with E-state index >= 15 is 0 Å². The molecule has 0 radical (unpaired) electrons. The number of piperazine rings is 1. The molecule has 0 bridgehead atoms. The predicted octanol–water partition coefficient (Wildman–Crippen LogP) is 4.84. The number of aromatic nitrogens is 2. The smallest absolute Gasteiger partial charge is 0.137 e. The summed E-state index contributed by atoms with van der Waals surface area (Å²) in [4.78, 5) is 12.9. The Bertz CT molecular complexity index is 1280. The van der Waals surface area contributed by atoms with Crippen molar-refractivity contribution in [3.63, 3.8) is 0 Å². The van der Waals surface area contributed by atoms with Gasteiger partial charge in [-0.2, -0.15) is 0 Å². The molecule has 1 saturated heterocycles. The van der Waals surface area contributed by atoms with Crippen LogP contribution in [0.1, 0.15) is 34.7 Å². The number of imidazole rings is 1. The summed E-state index contributed by atoms with van der Waals surface area (Å²) < 4.78 is 11.5. The maximum absolute atomic E-state index is 11.1. The monoisotopic (exact) mass is 512 g/mol. The van der Waals surface area contributed by atoms with Crippen LogP contribution >= 0.6 is 0 Å². The van der Waals surface area contributed by atoms with E-state index in [2.05, 4.69) is 39.0 Å². The van der Waals surface area contributed by atoms with Gasteiger partial charge in [-0.25, -0.2) is 4.98 Å². The molecule has 1 atom stereocenters. The van der Waals surface area contributed by atoms with Gasteiger partial charge in [-0.15, -0.1) is 0 Å². The van der Waals surface area contributed by atoms with E-state index in [1.807, 2.05) is 61.5 Å². The van der Waals surface area contributed by atoms with Crippen molar-refractivity contribution >= 4 is 0 Å². The summed E-state index contributed by atoms with van der Waals surface area (Å²) in [5.74, 6) is 2.52. The number of hydrogen-bond acceptors (Lipinski definition) is 6. The average Bonchev–Trinajstić information content (AvgIpc) is 3.37. The van der Waals surface area contributed by atoms with Crippen molar-refractivity contribution in [3.8, 4) is 22.9 Å². The minimum atomic E-state index is -0.658. The van der Waals surface area contributed by atoms with Crippen LogP contribution < -0.4 is 9.47 Å². The largest absolute Gasteiger partial charge is 0.496 e. The molecule has 7 nitrogen and oxygen atoms in total. The topological polar surface area (TPSA) is 73.8 Å². The number of nitrogens with zero attached hydrogens (tertiary/aromatic N) is 3. The molecule has 198 valence electrons. The van der Waals surface area contributed by atoms with Crippen molar-refractivity contribution in [3.05, 3.63) is 101 Å². The maximum atomic E-state index is 11.1. The van der Waals surface area contributed by atoms with E-state index in [0.29, 0.717) is 12.2 Å². The molecule has 2 heterocycles. The van der Waals surface area contributed by atoms with Crippen LogP contribution in [0.5, 0.6) is 11.5 Å². The van der Waals surface area contributed by atoms with E-state index in [0.717, 1.165) is 65.9 Å². The van der Waals surface area contributed by atoms with Gasteiger partial charge < -0.3 is 19.6 Å². The van der Waals surface area contributed by atoms with Gasteiger partial charge in [-0.1, -0.05) is 66.7 Å². The fourth-order valence-electron chi connectivity index (χ4n) is 5.41. The van der Waals surface area contributed by atoms with Crippen molar-refractivity contribution in [2.75, 3.05) is 46.9 Å². The van der Waals surface area contributed by atoms with Gasteiger partial charge >= 0.3 is 0 Å². The molecule has 0 aliphatic carbocycles. The van der Waals surface area contributed by atoms with Crippen LogP contribution in [0.3, 0.4) is 0 Å². The molecule has 4 aromatic rings. The zero-order valence-corrected chi connectivity index (χ0v) is 22.3. The Hall–Kier alpha value is -3.65. The lowest BCUT2D eigenvalue weighted by atomic mass is 9.94. The highest BCUT2D eigenvalue weighted by atomic mass is 16.5. The number of hydrogen-bond donors (Lipinski definition) is 2. The van der Waals surface area contributed by atoms with Crippen LogP contribution in [0, 0.1) is 6.92 Å². The summed E-state index contributed by atoms with van der Waals surface area (Å²) in [6, 6.07) is 26.4. The molecule has 0 amide bonds. The van der Waals surface area contributed by atoms with Crippen molar-refractivity contribution < 1.29 is 14.6 Å². The summed E-state index contributed by atoms with van der Waals surface area (Å²) in [6.07, 6.45) is -0.658. The number of aliphatic hydroxyl groups excluding tert-OH is 1. The number of methoxy groups -OCH3 is 2. The minimum Gasteiger partial charge on any atom is -0.496 e. The zero-order chi connectivity index (χ0) is 26.5. The van der Waals surface area contributed by atoms with Gasteiger partial charge in [0.15, 0.2) is 0 Å². The summed E-state index contributed by atoms with van der Waals surface area (Å²) in [5, 5.41) is 11.1. The summed E-state index contributed by atoms with van der Waals surface area (Å²) >= 11 is 0. The third kappa shape index (κ3) is 5.45. The first-order valence-corrected chi connectivity index (χ1v) is 13.1. The third-order valence-electron chi connectivity index (χ3n) is 7.36. The number of aryl methyl sites for hydroxylation is 1. The van der Waals surface area contributed by atoms with Crippen molar-refractivity contribution in [1.82, 2.24) is 19.8 Å². The highest BCUT2D eigenvalue weighted by molar-refractivity contribution is 5.55. The van der Waals surface area contributed by atoms with E-state index in [1.165, 1.54) is 0 Å². The summed E-state index contributed by atoms with van der Waals surface area (Å²) in [7, 11) is 3.44. The third-order valence-corrected chi connectivity index (χ3v) is 7.36. The molecular formula is C31H36N4O3. The maximum Gasteiger partial charge on any atom is 0.137 e. The quantitative estimate of drug-likeness (QED) is 0.334. The molecule has 7 heteroatoms. The molecule has 5 rings (SSSR count). The van der Waals surface area contributed by atoms with E-state index in [-0.39, 0.29) is 6.04 Å². The van der Waals surface area contributed by atoms with Gasteiger partial charge in [0.25, 0.3) is 0 Å². The van der Waals surface area contributed by atoms with Crippen LogP contribution in [0.25, 0.3) is 11.4 Å². The molecule has 2 N–H and O–H groups in total. The Kier molecular flexibility index (Phi) is 8.08. The second kappa shape index (κ2) is 11.8. The normalized spacial score (nSPS) is 15.5. The second-order valence-electron chi connectivity index (χ2n) is 9.70. The SMILES string of the molecule is COc1ccccc1C(c1ccccc1OC)N1CCN(CC(O)c2nc(-c3ccccc3)[nH]c2C)CC1. The molecule has 0 spiro atoms. The lowest BCUT2D eigenvalue weighted by Gasteiger charge is -2.40. The van der Waals surface area contributed by atoms with Crippen molar-refractivity contribution in [2.45, 2.75) is 19.1 Å². The molecule has 0 saturated carbocycles. The Morgan fingerprint density at radius 2 is 1.37 bits per heavy atom. The molecule has 1 fully saturated rings. The standard InChI is InChI=1S/C31H36N4O3/c1-22-29(33-31(32-22)23-11-5-4-6-12-23)26(36)21-34-17-19-35(20-18-34)30(24-13-7-9-15-27(24)37-2)25-14-8-10-16-28(25)38-3/h4-16,26,30,36H,17-21H2,1-3H3,(H,32,33). The van der Waals surface area contributed by atoms with E-state index < -0.39 is 6.10 Å². The number of nitrogens with one attached hydrogen (secondary N) is 1. The number of β-amino-alcohol motifs (C(OH)–C–C–N with tert-alkyl or cyclic N) is 1. The van der Waals surface area contributed by atoms with Gasteiger partial charge in [0.05, 0.1) is 26.0 Å². The lowest BCUT2D eigenvalue weighted by molar-refractivity contribution is 0.0599. The van der Waals surface area contributed by atoms with Gasteiger partial charge in [0, 0.05) is 55.1 Å². The van der Waals surface area contributed by atoms with Crippen molar-refractivity contribution in [2.24, 2.45) is 0 Å². The summed E-state index contributed by atoms with van der Waals surface area (Å²) in [6.45, 7) is 5.90. The second-order valence-corrected chi connectivity index (χ2v) is 9.70. The highest BCUT2D eigenvalue weighted by Gasteiger charge is 2.31. The number of rotatable bonds is 9. The zero-order valence-electron chi connectivity index (χ0n) is 22.3. The Balaban J connectivity index is 1.31. The molecule has 1 aliphatic heterocycles. The number of aliphatic hydroxyl groups is 1. The number of aromatic amines is 1. The van der Waals surface area contributed by atoms with Crippen molar-refractivity contribution in [1.29, 1.82) is 0 Å². The number of para-hydroxylation sites is 2. The van der Waals surface area contributed by atoms with Gasteiger partial charge in [-0.05, 0) is 19.1 Å².